The highest BCUT2D eigenvalue weighted by molar-refractivity contribution is 6.09. The molecule has 0 aromatic heterocycles. The van der Waals surface area contributed by atoms with E-state index in [1.165, 1.54) is 0 Å². The fourth-order valence-corrected chi connectivity index (χ4v) is 8.08. The minimum atomic E-state index is 0.623. The highest BCUT2D eigenvalue weighted by Gasteiger charge is 2.19. The van der Waals surface area contributed by atoms with E-state index in [1.54, 1.807) is 0 Å². The lowest BCUT2D eigenvalue weighted by Crippen LogP contribution is -2.03. The molecule has 0 heterocycles. The Morgan fingerprint density at radius 2 is 0.641 bits per heavy atom. The van der Waals surface area contributed by atoms with Gasteiger partial charge >= 0.3 is 0 Å². The van der Waals surface area contributed by atoms with E-state index in [2.05, 4.69) is 109 Å². The molecule has 318 valence electrons. The number of rotatable bonds is 21. The first-order chi connectivity index (χ1) is 31.7. The van der Waals surface area contributed by atoms with Crippen LogP contribution in [0.1, 0.15) is 62.5 Å². The second kappa shape index (κ2) is 22.0. The number of nitrogens with zero attached hydrogens (tertiary/aromatic N) is 2. The molecule has 0 saturated heterocycles. The van der Waals surface area contributed by atoms with Crippen molar-refractivity contribution in [2.45, 2.75) is 51.4 Å². The molecule has 0 atom stereocenters. The third kappa shape index (κ3) is 11.1. The van der Waals surface area contributed by atoms with Gasteiger partial charge in [0.2, 0.25) is 0 Å². The highest BCUT2D eigenvalue weighted by atomic mass is 16.5. The van der Waals surface area contributed by atoms with Gasteiger partial charge in [-0.2, -0.15) is 10.5 Å². The lowest BCUT2D eigenvalue weighted by Gasteiger charge is -2.20. The van der Waals surface area contributed by atoms with Crippen LogP contribution in [0.2, 0.25) is 0 Å². The van der Waals surface area contributed by atoms with Crippen molar-refractivity contribution in [3.63, 3.8) is 0 Å². The van der Waals surface area contributed by atoms with Gasteiger partial charge in [0.25, 0.3) is 0 Å². The van der Waals surface area contributed by atoms with Gasteiger partial charge < -0.3 is 18.9 Å². The summed E-state index contributed by atoms with van der Waals surface area (Å²) in [6.45, 7) is 2.58. The first kappa shape index (κ1) is 43.1. The summed E-state index contributed by atoms with van der Waals surface area (Å²) in [5.41, 5.74) is 7.83. The molecular formula is C58H52N2O4. The predicted octanol–water partition coefficient (Wildman–Crippen LogP) is 14.8. The Morgan fingerprint density at radius 1 is 0.312 bits per heavy atom. The maximum absolute atomic E-state index is 9.07. The van der Waals surface area contributed by atoms with Crippen molar-refractivity contribution in [2.75, 3.05) is 26.4 Å². The zero-order valence-electron chi connectivity index (χ0n) is 36.2. The Hall–Kier alpha value is -7.54. The molecule has 8 aromatic rings. The Bertz CT molecular complexity index is 2640. The molecule has 8 rings (SSSR count). The molecule has 0 aliphatic carbocycles. The number of nitriles is 2. The minimum absolute atomic E-state index is 0.623. The molecule has 8 aromatic carbocycles. The van der Waals surface area contributed by atoms with Crippen LogP contribution in [0.15, 0.2) is 170 Å². The van der Waals surface area contributed by atoms with Crippen LogP contribution < -0.4 is 18.9 Å². The number of benzene rings is 8. The van der Waals surface area contributed by atoms with Crippen LogP contribution in [0.3, 0.4) is 0 Å². The largest absolute Gasteiger partial charge is 0.494 e. The standard InChI is InChI=1S/C58H52N2O4/c59-41-43-17-21-45(22-18-43)47-25-31-51(32-26-47)61-37-9-1-3-11-39-63-55-35-29-49-13-5-7-15-53(49)57(55)58-54-16-8-6-14-50(54)30-36-56(58)64-40-12-4-2-10-38-62-52-33-27-48(28-34-52)46-23-19-44(42-60)20-24-46/h5-8,13-36H,1-4,9-12,37-40H2. The first-order valence-corrected chi connectivity index (χ1v) is 22.4. The molecule has 0 aliphatic rings. The molecule has 0 aliphatic heterocycles. The SMILES string of the molecule is N#Cc1ccc(-c2ccc(OCCCCCCOc3ccc4ccccc4c3-c3c(OCCCCCCOc4ccc(-c5ccc(C#N)cc5)cc4)ccc4ccccc34)cc2)cc1. The van der Waals surface area contributed by atoms with Crippen LogP contribution in [0, 0.1) is 22.7 Å². The summed E-state index contributed by atoms with van der Waals surface area (Å²) in [6.07, 6.45) is 8.05. The molecule has 0 N–H and O–H groups in total. The molecule has 64 heavy (non-hydrogen) atoms. The number of fused-ring (bicyclic) bond motifs is 2. The maximum Gasteiger partial charge on any atom is 0.127 e. The Labute approximate surface area is 376 Å². The van der Waals surface area contributed by atoms with Gasteiger partial charge in [-0.15, -0.1) is 0 Å². The first-order valence-electron chi connectivity index (χ1n) is 22.4. The number of ether oxygens (including phenoxy) is 4. The summed E-state index contributed by atoms with van der Waals surface area (Å²) in [4.78, 5) is 0. The van der Waals surface area contributed by atoms with Crippen LogP contribution in [-0.4, -0.2) is 26.4 Å². The zero-order valence-corrected chi connectivity index (χ0v) is 36.2. The predicted molar refractivity (Wildman–Crippen MR) is 259 cm³/mol. The van der Waals surface area contributed by atoms with Gasteiger partial charge in [-0.3, -0.25) is 0 Å². The zero-order chi connectivity index (χ0) is 43.8. The smallest absolute Gasteiger partial charge is 0.127 e. The molecule has 0 radical (unpaired) electrons. The summed E-state index contributed by atoms with van der Waals surface area (Å²) >= 11 is 0. The van der Waals surface area contributed by atoms with E-state index in [9.17, 15) is 0 Å². The van der Waals surface area contributed by atoms with E-state index in [0.29, 0.717) is 37.6 Å². The molecule has 6 heteroatoms. The molecular weight excluding hydrogens is 789 g/mol. The molecule has 0 fully saturated rings. The third-order valence-corrected chi connectivity index (χ3v) is 11.6. The van der Waals surface area contributed by atoms with E-state index < -0.39 is 0 Å². The van der Waals surface area contributed by atoms with Gasteiger partial charge in [0, 0.05) is 11.1 Å². The van der Waals surface area contributed by atoms with Gasteiger partial charge in [0.15, 0.2) is 0 Å². The van der Waals surface area contributed by atoms with Gasteiger partial charge in [-0.1, -0.05) is 109 Å². The summed E-state index contributed by atoms with van der Waals surface area (Å²) < 4.78 is 25.4. The molecule has 0 spiro atoms. The minimum Gasteiger partial charge on any atom is -0.494 e. The normalized spacial score (nSPS) is 10.9. The van der Waals surface area contributed by atoms with Gasteiger partial charge in [0.05, 0.1) is 49.7 Å². The van der Waals surface area contributed by atoms with E-state index in [1.807, 2.05) is 72.8 Å². The number of hydrogen-bond acceptors (Lipinski definition) is 6. The van der Waals surface area contributed by atoms with Gasteiger partial charge in [-0.25, -0.2) is 0 Å². The summed E-state index contributed by atoms with van der Waals surface area (Å²) in [7, 11) is 0. The van der Waals surface area contributed by atoms with Crippen molar-refractivity contribution >= 4 is 21.5 Å². The van der Waals surface area contributed by atoms with E-state index in [0.717, 1.165) is 129 Å². The molecule has 0 bridgehead atoms. The second-order valence-corrected chi connectivity index (χ2v) is 16.0. The molecule has 0 amide bonds. The van der Waals surface area contributed by atoms with Crippen molar-refractivity contribution in [1.82, 2.24) is 0 Å². The van der Waals surface area contributed by atoms with Gasteiger partial charge in [-0.05, 0) is 156 Å². The fourth-order valence-electron chi connectivity index (χ4n) is 8.08. The quantitative estimate of drug-likeness (QED) is 0.0670. The van der Waals surface area contributed by atoms with Crippen molar-refractivity contribution in [1.29, 1.82) is 10.5 Å². The van der Waals surface area contributed by atoms with Crippen molar-refractivity contribution < 1.29 is 18.9 Å². The second-order valence-electron chi connectivity index (χ2n) is 16.0. The topological polar surface area (TPSA) is 84.5 Å². The highest BCUT2D eigenvalue weighted by Crippen LogP contribution is 2.45. The van der Waals surface area contributed by atoms with Crippen molar-refractivity contribution in [2.24, 2.45) is 0 Å². The summed E-state index contributed by atoms with van der Waals surface area (Å²) in [5.74, 6) is 3.47. The van der Waals surface area contributed by atoms with E-state index in [4.69, 9.17) is 29.5 Å². The van der Waals surface area contributed by atoms with Crippen LogP contribution in [0.5, 0.6) is 23.0 Å². The number of unbranched alkanes of at least 4 members (excludes halogenated alkanes) is 6. The Morgan fingerprint density at radius 3 is 1.00 bits per heavy atom. The van der Waals surface area contributed by atoms with Crippen LogP contribution in [0.25, 0.3) is 54.9 Å². The average molecular weight is 841 g/mol. The maximum atomic E-state index is 9.07. The number of hydrogen-bond donors (Lipinski definition) is 0. The molecule has 0 unspecified atom stereocenters. The lowest BCUT2D eigenvalue weighted by molar-refractivity contribution is 0.286. The fraction of sp³-hybridized carbons (Fsp3) is 0.207. The average Bonchev–Trinajstić information content (AvgIpc) is 3.36. The summed E-state index contributed by atoms with van der Waals surface area (Å²) in [5, 5.41) is 22.8. The molecule has 0 saturated carbocycles. The Kier molecular flexibility index (Phi) is 14.8. The monoisotopic (exact) mass is 840 g/mol. The van der Waals surface area contributed by atoms with Crippen molar-refractivity contribution in [3.8, 4) is 68.5 Å². The lowest BCUT2D eigenvalue weighted by atomic mass is 9.92. The molecule has 6 nitrogen and oxygen atoms in total. The van der Waals surface area contributed by atoms with Crippen molar-refractivity contribution in [3.05, 3.63) is 181 Å². The van der Waals surface area contributed by atoms with Crippen LogP contribution >= 0.6 is 0 Å². The van der Waals surface area contributed by atoms with Gasteiger partial charge in [0.1, 0.15) is 23.0 Å². The van der Waals surface area contributed by atoms with E-state index >= 15 is 0 Å². The van der Waals surface area contributed by atoms with Crippen LogP contribution in [-0.2, 0) is 0 Å². The Balaban J connectivity index is 0.824. The van der Waals surface area contributed by atoms with Crippen LogP contribution in [0.4, 0.5) is 0 Å². The van der Waals surface area contributed by atoms with E-state index in [-0.39, 0.29) is 0 Å². The third-order valence-electron chi connectivity index (χ3n) is 11.6. The summed E-state index contributed by atoms with van der Waals surface area (Å²) in [6, 6.07) is 61.5.